The Hall–Kier alpha value is -3.63. The topological polar surface area (TPSA) is 93.8 Å². The molecule has 3 aromatic heterocycles. The van der Waals surface area contributed by atoms with Crippen LogP contribution in [0.4, 0.5) is 17.6 Å². The third-order valence-electron chi connectivity index (χ3n) is 4.43. The fourth-order valence-electron chi connectivity index (χ4n) is 2.80. The first-order valence-electron chi connectivity index (χ1n) is 8.78. The summed E-state index contributed by atoms with van der Waals surface area (Å²) in [4.78, 5) is 22.7. The summed E-state index contributed by atoms with van der Waals surface area (Å²) in [5.41, 5.74) is -0.692. The molecule has 0 spiro atoms. The Morgan fingerprint density at radius 3 is 2.57 bits per heavy atom. The summed E-state index contributed by atoms with van der Waals surface area (Å²) in [6.07, 6.45) is 0.251. The molecule has 0 radical (unpaired) electrons. The minimum Gasteiger partial charge on any atom is -0.478 e. The van der Waals surface area contributed by atoms with E-state index < -0.39 is 23.8 Å². The summed E-state index contributed by atoms with van der Waals surface area (Å²) in [7, 11) is 0. The van der Waals surface area contributed by atoms with Crippen molar-refractivity contribution >= 4 is 17.7 Å². The van der Waals surface area contributed by atoms with E-state index in [0.29, 0.717) is 5.69 Å². The average molecular weight is 419 g/mol. The summed E-state index contributed by atoms with van der Waals surface area (Å²) in [6.45, 7) is 0. The highest BCUT2D eigenvalue weighted by Crippen LogP contribution is 2.41. The Morgan fingerprint density at radius 1 is 1.20 bits per heavy atom. The fourth-order valence-corrected chi connectivity index (χ4v) is 2.80. The molecule has 0 saturated heterocycles. The lowest BCUT2D eigenvalue weighted by molar-refractivity contribution is -0.141. The van der Waals surface area contributed by atoms with Crippen LogP contribution in [0, 0.1) is 5.95 Å². The van der Waals surface area contributed by atoms with Gasteiger partial charge in [0.2, 0.25) is 5.95 Å². The van der Waals surface area contributed by atoms with Crippen LogP contribution >= 0.6 is 0 Å². The monoisotopic (exact) mass is 419 g/mol. The molecule has 0 unspecified atom stereocenters. The lowest BCUT2D eigenvalue weighted by Gasteiger charge is -2.09. The van der Waals surface area contributed by atoms with Crippen LogP contribution in [0.25, 0.3) is 23.2 Å². The van der Waals surface area contributed by atoms with Gasteiger partial charge in [-0.25, -0.2) is 24.4 Å². The van der Waals surface area contributed by atoms with Crippen LogP contribution in [-0.4, -0.2) is 35.8 Å². The van der Waals surface area contributed by atoms with E-state index in [2.05, 4.69) is 20.1 Å². The molecule has 154 valence electrons. The van der Waals surface area contributed by atoms with Crippen molar-refractivity contribution in [2.45, 2.75) is 24.9 Å². The van der Waals surface area contributed by atoms with Crippen molar-refractivity contribution in [1.29, 1.82) is 0 Å². The number of aliphatic carboxylic acids is 1. The first-order chi connectivity index (χ1) is 14.2. The van der Waals surface area contributed by atoms with Gasteiger partial charge in [-0.2, -0.15) is 17.6 Å². The normalized spacial score (nSPS) is 14.7. The third kappa shape index (κ3) is 4.19. The number of hydrogen-bond acceptors (Lipinski definition) is 5. The van der Waals surface area contributed by atoms with E-state index in [-0.39, 0.29) is 28.4 Å². The quantitative estimate of drug-likeness (QED) is 0.384. The Balaban J connectivity index is 1.71. The van der Waals surface area contributed by atoms with Crippen molar-refractivity contribution < 1.29 is 27.5 Å². The Kier molecular flexibility index (Phi) is 4.80. The van der Waals surface area contributed by atoms with E-state index in [9.17, 15) is 27.5 Å². The molecular formula is C19H13F4N5O2. The summed E-state index contributed by atoms with van der Waals surface area (Å²) in [6, 6.07) is 4.62. The maximum absolute atomic E-state index is 13.2. The number of pyridine rings is 2. The van der Waals surface area contributed by atoms with Gasteiger partial charge in [-0.05, 0) is 37.1 Å². The molecule has 1 aliphatic carbocycles. The molecule has 0 bridgehead atoms. The van der Waals surface area contributed by atoms with Gasteiger partial charge >= 0.3 is 12.1 Å². The SMILES string of the molecule is O=C(O)/C(=C/n1cnc(-c2cc(C3CC3)nc(C(F)(F)F)c2)n1)c1ccc(F)nc1. The van der Waals surface area contributed by atoms with E-state index in [1.54, 1.807) is 0 Å². The molecule has 1 saturated carbocycles. The Labute approximate surface area is 166 Å². The van der Waals surface area contributed by atoms with E-state index in [4.69, 9.17) is 0 Å². The number of carboxylic acids is 1. The minimum atomic E-state index is -4.62. The van der Waals surface area contributed by atoms with E-state index in [1.807, 2.05) is 0 Å². The molecule has 3 aromatic rings. The lowest BCUT2D eigenvalue weighted by atomic mass is 10.1. The zero-order valence-corrected chi connectivity index (χ0v) is 15.1. The molecular weight excluding hydrogens is 406 g/mol. The van der Waals surface area contributed by atoms with Gasteiger partial charge in [0.25, 0.3) is 0 Å². The molecule has 3 heterocycles. The first kappa shape index (κ1) is 19.7. The van der Waals surface area contributed by atoms with Crippen molar-refractivity contribution in [1.82, 2.24) is 24.7 Å². The molecule has 30 heavy (non-hydrogen) atoms. The van der Waals surface area contributed by atoms with Gasteiger partial charge in [-0.3, -0.25) is 0 Å². The molecule has 11 heteroatoms. The van der Waals surface area contributed by atoms with Crippen LogP contribution in [0.5, 0.6) is 0 Å². The van der Waals surface area contributed by atoms with Gasteiger partial charge in [-0.15, -0.1) is 5.10 Å². The second-order valence-electron chi connectivity index (χ2n) is 6.70. The summed E-state index contributed by atoms with van der Waals surface area (Å²) >= 11 is 0. The molecule has 7 nitrogen and oxygen atoms in total. The van der Waals surface area contributed by atoms with Crippen LogP contribution < -0.4 is 0 Å². The van der Waals surface area contributed by atoms with Crippen molar-refractivity contribution in [3.63, 3.8) is 0 Å². The van der Waals surface area contributed by atoms with Crippen LogP contribution in [-0.2, 0) is 11.0 Å². The number of nitrogens with zero attached hydrogens (tertiary/aromatic N) is 5. The second kappa shape index (κ2) is 7.32. The van der Waals surface area contributed by atoms with Gasteiger partial charge in [0.15, 0.2) is 5.82 Å². The molecule has 0 amide bonds. The van der Waals surface area contributed by atoms with Crippen molar-refractivity contribution in [3.05, 3.63) is 59.7 Å². The lowest BCUT2D eigenvalue weighted by Crippen LogP contribution is -2.10. The molecule has 1 fully saturated rings. The number of carbonyl (C=O) groups is 1. The summed E-state index contributed by atoms with van der Waals surface area (Å²) < 4.78 is 53.7. The molecule has 0 aromatic carbocycles. The molecule has 1 aliphatic rings. The van der Waals surface area contributed by atoms with Gasteiger partial charge in [-0.1, -0.05) is 0 Å². The van der Waals surface area contributed by atoms with Gasteiger partial charge in [0, 0.05) is 35.1 Å². The summed E-state index contributed by atoms with van der Waals surface area (Å²) in [5.74, 6) is -2.11. The number of hydrogen-bond donors (Lipinski definition) is 1. The van der Waals surface area contributed by atoms with Gasteiger partial charge in [0.05, 0.1) is 5.57 Å². The van der Waals surface area contributed by atoms with E-state index >= 15 is 0 Å². The maximum atomic E-state index is 13.2. The third-order valence-corrected chi connectivity index (χ3v) is 4.43. The second-order valence-corrected chi connectivity index (χ2v) is 6.70. The largest absolute Gasteiger partial charge is 0.478 e. The van der Waals surface area contributed by atoms with Crippen LogP contribution in [0.2, 0.25) is 0 Å². The van der Waals surface area contributed by atoms with Crippen LogP contribution in [0.3, 0.4) is 0 Å². The first-order valence-corrected chi connectivity index (χ1v) is 8.78. The molecule has 4 rings (SSSR count). The average Bonchev–Trinajstić information content (AvgIpc) is 3.44. The van der Waals surface area contributed by atoms with Crippen LogP contribution in [0.1, 0.15) is 35.7 Å². The Morgan fingerprint density at radius 2 is 1.97 bits per heavy atom. The number of halogens is 4. The number of rotatable bonds is 5. The van der Waals surface area contributed by atoms with E-state index in [0.717, 1.165) is 42.1 Å². The predicted molar refractivity (Wildman–Crippen MR) is 96.2 cm³/mol. The highest BCUT2D eigenvalue weighted by atomic mass is 19.4. The van der Waals surface area contributed by atoms with Crippen LogP contribution in [0.15, 0.2) is 36.8 Å². The van der Waals surface area contributed by atoms with Crippen molar-refractivity contribution in [2.75, 3.05) is 0 Å². The predicted octanol–water partition coefficient (Wildman–Crippen LogP) is 3.85. The van der Waals surface area contributed by atoms with Crippen molar-refractivity contribution in [2.24, 2.45) is 0 Å². The highest BCUT2D eigenvalue weighted by Gasteiger charge is 2.35. The standard InChI is InChI=1S/C19H13F4N5O2/c20-16-4-3-11(7-24-16)13(18(29)30)8-28-9-25-17(27-28)12-5-14(10-1-2-10)26-15(6-12)19(21,22)23/h3-10H,1-2H2,(H,29,30)/b13-8+. The highest BCUT2D eigenvalue weighted by molar-refractivity contribution is 6.19. The Bertz CT molecular complexity index is 1130. The van der Waals surface area contributed by atoms with Crippen molar-refractivity contribution in [3.8, 4) is 11.4 Å². The summed E-state index contributed by atoms with van der Waals surface area (Å²) in [5, 5.41) is 13.5. The number of aromatic nitrogens is 5. The zero-order valence-electron chi connectivity index (χ0n) is 15.1. The smallest absolute Gasteiger partial charge is 0.433 e. The fraction of sp³-hybridized carbons (Fsp3) is 0.211. The molecule has 0 aliphatic heterocycles. The number of carboxylic acid groups (broad SMARTS) is 1. The molecule has 0 atom stereocenters. The number of alkyl halides is 3. The zero-order chi connectivity index (χ0) is 21.5. The maximum Gasteiger partial charge on any atom is 0.433 e. The molecule has 1 N–H and O–H groups in total. The van der Waals surface area contributed by atoms with E-state index in [1.165, 1.54) is 18.5 Å². The van der Waals surface area contributed by atoms with Gasteiger partial charge in [0.1, 0.15) is 12.0 Å². The minimum absolute atomic E-state index is 0.0111. The van der Waals surface area contributed by atoms with Gasteiger partial charge < -0.3 is 5.11 Å².